The summed E-state index contributed by atoms with van der Waals surface area (Å²) in [4.78, 5) is 28.0. The lowest BCUT2D eigenvalue weighted by Gasteiger charge is -2.25. The predicted molar refractivity (Wildman–Crippen MR) is 98.3 cm³/mol. The van der Waals surface area contributed by atoms with Gasteiger partial charge in [0.05, 0.1) is 25.8 Å². The molecule has 0 atom stereocenters. The van der Waals surface area contributed by atoms with Crippen molar-refractivity contribution < 1.29 is 23.5 Å². The first kappa shape index (κ1) is 18.7. The first-order valence-corrected chi connectivity index (χ1v) is 8.58. The minimum atomic E-state index is -0.482. The molecule has 3 rings (SSSR count). The van der Waals surface area contributed by atoms with Gasteiger partial charge in [-0.2, -0.15) is 0 Å². The maximum absolute atomic E-state index is 13.8. The average Bonchev–Trinajstić information content (AvgIpc) is 2.81. The third-order valence-electron chi connectivity index (χ3n) is 4.39. The number of rotatable bonds is 5. The summed E-state index contributed by atoms with van der Waals surface area (Å²) in [7, 11) is 3.02. The van der Waals surface area contributed by atoms with Gasteiger partial charge >= 0.3 is 0 Å². The molecule has 2 aromatic rings. The lowest BCUT2D eigenvalue weighted by molar-refractivity contribution is -0.130. The van der Waals surface area contributed by atoms with E-state index in [0.29, 0.717) is 17.0 Å². The summed E-state index contributed by atoms with van der Waals surface area (Å²) in [6.45, 7) is 0.399. The minimum Gasteiger partial charge on any atom is -0.494 e. The first-order chi connectivity index (χ1) is 13.0. The van der Waals surface area contributed by atoms with Crippen LogP contribution in [0.4, 0.5) is 10.1 Å². The molecule has 2 amide bonds. The largest absolute Gasteiger partial charge is 0.494 e. The molecular formula is C20H21FN2O4. The third kappa shape index (κ3) is 4.19. The zero-order valence-corrected chi connectivity index (χ0v) is 15.3. The number of para-hydroxylation sites is 2. The van der Waals surface area contributed by atoms with Crippen LogP contribution in [0.3, 0.4) is 0 Å². The van der Waals surface area contributed by atoms with Crippen LogP contribution >= 0.6 is 0 Å². The number of amides is 2. The molecule has 1 heterocycles. The zero-order valence-electron chi connectivity index (χ0n) is 15.3. The molecule has 0 fully saturated rings. The average molecular weight is 372 g/mol. The number of hydrogen-bond acceptors (Lipinski definition) is 4. The van der Waals surface area contributed by atoms with Gasteiger partial charge in [-0.05, 0) is 29.8 Å². The Morgan fingerprint density at radius 1 is 1.30 bits per heavy atom. The van der Waals surface area contributed by atoms with E-state index < -0.39 is 5.82 Å². The van der Waals surface area contributed by atoms with Gasteiger partial charge in [-0.1, -0.05) is 18.2 Å². The van der Waals surface area contributed by atoms with Crippen LogP contribution in [0, 0.1) is 5.82 Å². The van der Waals surface area contributed by atoms with Crippen LogP contribution in [0.5, 0.6) is 11.5 Å². The summed E-state index contributed by atoms with van der Waals surface area (Å²) in [6.07, 6.45) is 0.204. The Hall–Kier alpha value is -3.09. The molecule has 0 aromatic heterocycles. The second-order valence-electron chi connectivity index (χ2n) is 6.26. The van der Waals surface area contributed by atoms with Crippen LogP contribution in [0.25, 0.3) is 0 Å². The van der Waals surface area contributed by atoms with Crippen molar-refractivity contribution in [2.45, 2.75) is 13.0 Å². The highest BCUT2D eigenvalue weighted by Crippen LogP contribution is 2.31. The standard InChI is InChI=1S/C20H21FN2O4/c1-22(12-14-7-8-17(26-2)15(21)11-14)20(25)13-23-16-5-3-4-6-18(16)27-10-9-19(23)24/h3-8,11H,9-10,12-13H2,1-2H3. The lowest BCUT2D eigenvalue weighted by Crippen LogP contribution is -2.41. The SMILES string of the molecule is COc1ccc(CN(C)C(=O)CN2C(=O)CCOc3ccccc32)cc1F. The molecule has 2 aromatic carbocycles. The highest BCUT2D eigenvalue weighted by molar-refractivity contribution is 6.00. The maximum Gasteiger partial charge on any atom is 0.242 e. The van der Waals surface area contributed by atoms with Crippen molar-refractivity contribution in [1.82, 2.24) is 4.90 Å². The van der Waals surface area contributed by atoms with Gasteiger partial charge in [0.1, 0.15) is 12.3 Å². The van der Waals surface area contributed by atoms with Crippen molar-refractivity contribution >= 4 is 17.5 Å². The number of fused-ring (bicyclic) bond motifs is 1. The molecule has 0 spiro atoms. The molecule has 1 aliphatic rings. The van der Waals surface area contributed by atoms with Crippen molar-refractivity contribution in [2.24, 2.45) is 0 Å². The number of nitrogens with zero attached hydrogens (tertiary/aromatic N) is 2. The Labute approximate surface area is 157 Å². The Kier molecular flexibility index (Phi) is 5.59. The summed E-state index contributed by atoms with van der Waals surface area (Å²) in [6, 6.07) is 11.7. The van der Waals surface area contributed by atoms with Crippen LogP contribution < -0.4 is 14.4 Å². The fraction of sp³-hybridized carbons (Fsp3) is 0.300. The number of benzene rings is 2. The van der Waals surface area contributed by atoms with Gasteiger partial charge in [0.15, 0.2) is 11.6 Å². The number of anilines is 1. The number of carbonyl (C=O) groups excluding carboxylic acids is 2. The molecule has 7 heteroatoms. The summed E-state index contributed by atoms with van der Waals surface area (Å²) < 4.78 is 24.3. The maximum atomic E-state index is 13.8. The van der Waals surface area contributed by atoms with Crippen molar-refractivity contribution in [3.05, 3.63) is 53.8 Å². The van der Waals surface area contributed by atoms with Gasteiger partial charge < -0.3 is 14.4 Å². The van der Waals surface area contributed by atoms with E-state index in [0.717, 1.165) is 0 Å². The molecule has 27 heavy (non-hydrogen) atoms. The Balaban J connectivity index is 1.72. The number of ether oxygens (including phenoxy) is 2. The van der Waals surface area contributed by atoms with Gasteiger partial charge in [-0.15, -0.1) is 0 Å². The Morgan fingerprint density at radius 2 is 2.07 bits per heavy atom. The summed E-state index contributed by atoms with van der Waals surface area (Å²) >= 11 is 0. The molecule has 6 nitrogen and oxygen atoms in total. The Morgan fingerprint density at radius 3 is 2.81 bits per heavy atom. The van der Waals surface area contributed by atoms with Crippen molar-refractivity contribution in [3.8, 4) is 11.5 Å². The number of hydrogen-bond donors (Lipinski definition) is 0. The second-order valence-corrected chi connectivity index (χ2v) is 6.26. The van der Waals surface area contributed by atoms with E-state index in [4.69, 9.17) is 9.47 Å². The van der Waals surface area contributed by atoms with Crippen LogP contribution in [0.1, 0.15) is 12.0 Å². The van der Waals surface area contributed by atoms with Crippen molar-refractivity contribution in [2.75, 3.05) is 32.2 Å². The Bertz CT molecular complexity index is 856. The van der Waals surface area contributed by atoms with E-state index in [-0.39, 0.29) is 43.7 Å². The third-order valence-corrected chi connectivity index (χ3v) is 4.39. The molecule has 0 saturated heterocycles. The predicted octanol–water partition coefficient (Wildman–Crippen LogP) is 2.61. The summed E-state index contributed by atoms with van der Waals surface area (Å²) in [5.74, 6) is -0.173. The van der Waals surface area contributed by atoms with Crippen LogP contribution in [-0.2, 0) is 16.1 Å². The van der Waals surface area contributed by atoms with Crippen molar-refractivity contribution in [1.29, 1.82) is 0 Å². The monoisotopic (exact) mass is 372 g/mol. The number of likely N-dealkylation sites (N-methyl/N-ethyl adjacent to an activating group) is 1. The highest BCUT2D eigenvalue weighted by atomic mass is 19.1. The van der Waals surface area contributed by atoms with Gasteiger partial charge in [0.25, 0.3) is 0 Å². The molecule has 0 saturated carbocycles. The molecule has 1 aliphatic heterocycles. The molecular weight excluding hydrogens is 351 g/mol. The molecule has 0 bridgehead atoms. The van der Waals surface area contributed by atoms with Gasteiger partial charge in [0, 0.05) is 13.6 Å². The van der Waals surface area contributed by atoms with Gasteiger partial charge in [-0.3, -0.25) is 14.5 Å². The summed E-state index contributed by atoms with van der Waals surface area (Å²) in [5, 5.41) is 0. The van der Waals surface area contributed by atoms with Crippen LogP contribution in [0.2, 0.25) is 0 Å². The normalized spacial score (nSPS) is 13.4. The second kappa shape index (κ2) is 8.07. The van der Waals surface area contributed by atoms with E-state index in [9.17, 15) is 14.0 Å². The fourth-order valence-corrected chi connectivity index (χ4v) is 2.92. The number of halogens is 1. The fourth-order valence-electron chi connectivity index (χ4n) is 2.92. The molecule has 0 unspecified atom stereocenters. The number of carbonyl (C=O) groups is 2. The first-order valence-electron chi connectivity index (χ1n) is 8.58. The van der Waals surface area contributed by atoms with Gasteiger partial charge in [0.2, 0.25) is 11.8 Å². The van der Waals surface area contributed by atoms with E-state index in [1.807, 2.05) is 6.07 Å². The smallest absolute Gasteiger partial charge is 0.242 e. The lowest BCUT2D eigenvalue weighted by atomic mass is 10.2. The van der Waals surface area contributed by atoms with E-state index in [1.54, 1.807) is 31.3 Å². The zero-order chi connectivity index (χ0) is 19.4. The quantitative estimate of drug-likeness (QED) is 0.810. The van der Waals surface area contributed by atoms with E-state index in [1.165, 1.54) is 29.0 Å². The number of methoxy groups -OCH3 is 1. The highest BCUT2D eigenvalue weighted by Gasteiger charge is 2.26. The van der Waals surface area contributed by atoms with Crippen molar-refractivity contribution in [3.63, 3.8) is 0 Å². The molecule has 0 N–H and O–H groups in total. The molecule has 142 valence electrons. The van der Waals surface area contributed by atoms with E-state index >= 15 is 0 Å². The van der Waals surface area contributed by atoms with Crippen LogP contribution in [-0.4, -0.2) is 44.0 Å². The van der Waals surface area contributed by atoms with E-state index in [2.05, 4.69) is 0 Å². The summed E-state index contributed by atoms with van der Waals surface area (Å²) in [5.41, 5.74) is 1.22. The van der Waals surface area contributed by atoms with Crippen LogP contribution in [0.15, 0.2) is 42.5 Å². The van der Waals surface area contributed by atoms with Gasteiger partial charge in [-0.25, -0.2) is 4.39 Å². The minimum absolute atomic E-state index is 0.103. The topological polar surface area (TPSA) is 59.1 Å². The molecule has 0 aliphatic carbocycles. The molecule has 0 radical (unpaired) electrons.